The van der Waals surface area contributed by atoms with Crippen LogP contribution in [0.2, 0.25) is 5.02 Å². The van der Waals surface area contributed by atoms with Crippen molar-refractivity contribution >= 4 is 27.3 Å². The highest BCUT2D eigenvalue weighted by Gasteiger charge is 2.27. The molecular formula is C14H17ClFNO4S. The van der Waals surface area contributed by atoms with Gasteiger partial charge in [-0.2, -0.15) is 0 Å². The molecule has 0 spiro atoms. The molecule has 5 nitrogen and oxygen atoms in total. The topological polar surface area (TPSA) is 72.5 Å². The summed E-state index contributed by atoms with van der Waals surface area (Å²) in [5, 5.41) is 2.66. The molecule has 0 saturated carbocycles. The lowest BCUT2D eigenvalue weighted by Gasteiger charge is -2.10. The zero-order chi connectivity index (χ0) is 16.2. The van der Waals surface area contributed by atoms with E-state index in [-0.39, 0.29) is 41.4 Å². The summed E-state index contributed by atoms with van der Waals surface area (Å²) >= 11 is 5.62. The second-order valence-electron chi connectivity index (χ2n) is 5.25. The SMILES string of the molecule is O=C(CCOc1ccc(F)c(Cl)c1)NC[C@H]1CCS(=O)(=O)C1. The van der Waals surface area contributed by atoms with Gasteiger partial charge in [0.05, 0.1) is 29.6 Å². The van der Waals surface area contributed by atoms with Crippen molar-refractivity contribution in [3.8, 4) is 5.75 Å². The van der Waals surface area contributed by atoms with Gasteiger partial charge in [0, 0.05) is 12.6 Å². The molecule has 122 valence electrons. The van der Waals surface area contributed by atoms with Gasteiger partial charge in [-0.1, -0.05) is 11.6 Å². The molecule has 22 heavy (non-hydrogen) atoms. The van der Waals surface area contributed by atoms with E-state index in [1.807, 2.05) is 0 Å². The number of benzene rings is 1. The second-order valence-corrected chi connectivity index (χ2v) is 7.88. The predicted molar refractivity (Wildman–Crippen MR) is 81.3 cm³/mol. The Bertz CT molecular complexity index is 650. The van der Waals surface area contributed by atoms with E-state index < -0.39 is 15.7 Å². The summed E-state index contributed by atoms with van der Waals surface area (Å²) in [4.78, 5) is 11.6. The van der Waals surface area contributed by atoms with Gasteiger partial charge in [0.25, 0.3) is 0 Å². The summed E-state index contributed by atoms with van der Waals surface area (Å²) in [6, 6.07) is 3.97. The first kappa shape index (κ1) is 17.0. The van der Waals surface area contributed by atoms with Gasteiger partial charge in [0.15, 0.2) is 9.84 Å². The van der Waals surface area contributed by atoms with Crippen LogP contribution in [0.1, 0.15) is 12.8 Å². The van der Waals surface area contributed by atoms with Crippen molar-refractivity contribution in [1.29, 1.82) is 0 Å². The lowest BCUT2D eigenvalue weighted by atomic mass is 10.1. The average molecular weight is 350 g/mol. The van der Waals surface area contributed by atoms with Crippen LogP contribution in [-0.4, -0.2) is 39.0 Å². The third-order valence-corrected chi connectivity index (χ3v) is 5.53. The summed E-state index contributed by atoms with van der Waals surface area (Å²) in [7, 11) is -2.92. The Kier molecular flexibility index (Phi) is 5.63. The van der Waals surface area contributed by atoms with Crippen LogP contribution in [0.25, 0.3) is 0 Å². The van der Waals surface area contributed by atoms with Crippen molar-refractivity contribution in [2.45, 2.75) is 12.8 Å². The fourth-order valence-electron chi connectivity index (χ4n) is 2.21. The number of sulfone groups is 1. The van der Waals surface area contributed by atoms with E-state index in [0.29, 0.717) is 18.7 Å². The molecule has 1 fully saturated rings. The first-order valence-electron chi connectivity index (χ1n) is 6.91. The van der Waals surface area contributed by atoms with Gasteiger partial charge >= 0.3 is 0 Å². The monoisotopic (exact) mass is 349 g/mol. The zero-order valence-electron chi connectivity index (χ0n) is 11.8. The van der Waals surface area contributed by atoms with Crippen LogP contribution >= 0.6 is 11.6 Å². The van der Waals surface area contributed by atoms with E-state index in [9.17, 15) is 17.6 Å². The molecule has 0 unspecified atom stereocenters. The zero-order valence-corrected chi connectivity index (χ0v) is 13.4. The minimum atomic E-state index is -2.92. The van der Waals surface area contributed by atoms with Crippen LogP contribution in [0.5, 0.6) is 5.75 Å². The number of halogens is 2. The number of hydrogen-bond donors (Lipinski definition) is 1. The van der Waals surface area contributed by atoms with Gasteiger partial charge in [-0.05, 0) is 24.5 Å². The molecule has 0 aliphatic carbocycles. The molecule has 1 aromatic rings. The maximum atomic E-state index is 13.0. The third-order valence-electron chi connectivity index (χ3n) is 3.40. The van der Waals surface area contributed by atoms with Crippen molar-refractivity contribution in [1.82, 2.24) is 5.32 Å². The quantitative estimate of drug-likeness (QED) is 0.850. The van der Waals surface area contributed by atoms with E-state index in [0.717, 1.165) is 0 Å². The van der Waals surface area contributed by atoms with Gasteiger partial charge in [0.1, 0.15) is 11.6 Å². The van der Waals surface area contributed by atoms with Crippen molar-refractivity contribution in [3.63, 3.8) is 0 Å². The van der Waals surface area contributed by atoms with Crippen LogP contribution in [-0.2, 0) is 14.6 Å². The molecule has 1 heterocycles. The molecular weight excluding hydrogens is 333 g/mol. The molecule has 0 radical (unpaired) electrons. The fraction of sp³-hybridized carbons (Fsp3) is 0.500. The highest BCUT2D eigenvalue weighted by Crippen LogP contribution is 2.21. The summed E-state index contributed by atoms with van der Waals surface area (Å²) in [5.74, 6) is -0.0255. The number of carbonyl (C=O) groups excluding carboxylic acids is 1. The largest absolute Gasteiger partial charge is 0.493 e. The molecule has 1 aromatic carbocycles. The van der Waals surface area contributed by atoms with E-state index in [1.165, 1.54) is 18.2 Å². The van der Waals surface area contributed by atoms with E-state index >= 15 is 0 Å². The van der Waals surface area contributed by atoms with Crippen LogP contribution in [0.3, 0.4) is 0 Å². The Morgan fingerprint density at radius 1 is 1.45 bits per heavy atom. The smallest absolute Gasteiger partial charge is 0.223 e. The van der Waals surface area contributed by atoms with Crippen LogP contribution in [0.4, 0.5) is 4.39 Å². The predicted octanol–water partition coefficient (Wildman–Crippen LogP) is 1.80. The summed E-state index contributed by atoms with van der Waals surface area (Å²) in [6.07, 6.45) is 0.724. The summed E-state index contributed by atoms with van der Waals surface area (Å²) < 4.78 is 40.9. The fourth-order valence-corrected chi connectivity index (χ4v) is 4.24. The molecule has 8 heteroatoms. The molecule has 2 rings (SSSR count). The van der Waals surface area contributed by atoms with Crippen LogP contribution < -0.4 is 10.1 Å². The maximum absolute atomic E-state index is 13.0. The first-order valence-corrected chi connectivity index (χ1v) is 9.10. The van der Waals surface area contributed by atoms with Crippen molar-refractivity contribution in [3.05, 3.63) is 29.0 Å². The van der Waals surface area contributed by atoms with E-state index in [1.54, 1.807) is 0 Å². The molecule has 1 aliphatic heterocycles. The molecule has 1 atom stereocenters. The van der Waals surface area contributed by atoms with Crippen molar-refractivity contribution in [2.75, 3.05) is 24.7 Å². The number of amides is 1. The third kappa shape index (κ3) is 5.14. The van der Waals surface area contributed by atoms with Crippen LogP contribution in [0, 0.1) is 11.7 Å². The van der Waals surface area contributed by atoms with Crippen LogP contribution in [0.15, 0.2) is 18.2 Å². The molecule has 1 amide bonds. The average Bonchev–Trinajstić information content (AvgIpc) is 2.80. The molecule has 1 saturated heterocycles. The summed E-state index contributed by atoms with van der Waals surface area (Å²) in [6.45, 7) is 0.497. The minimum Gasteiger partial charge on any atom is -0.493 e. The van der Waals surface area contributed by atoms with E-state index in [2.05, 4.69) is 5.32 Å². The number of rotatable bonds is 6. The Morgan fingerprint density at radius 3 is 2.86 bits per heavy atom. The first-order chi connectivity index (χ1) is 10.4. The molecule has 0 bridgehead atoms. The highest BCUT2D eigenvalue weighted by molar-refractivity contribution is 7.91. The number of ether oxygens (including phenoxy) is 1. The lowest BCUT2D eigenvalue weighted by Crippen LogP contribution is -2.30. The Labute approximate surface area is 133 Å². The Balaban J connectivity index is 1.66. The van der Waals surface area contributed by atoms with Crippen molar-refractivity contribution in [2.24, 2.45) is 5.92 Å². The lowest BCUT2D eigenvalue weighted by molar-refractivity contribution is -0.121. The van der Waals surface area contributed by atoms with Gasteiger partial charge in [-0.15, -0.1) is 0 Å². The van der Waals surface area contributed by atoms with Gasteiger partial charge in [-0.25, -0.2) is 12.8 Å². The molecule has 1 aliphatic rings. The minimum absolute atomic E-state index is 0.00854. The highest BCUT2D eigenvalue weighted by atomic mass is 35.5. The second kappa shape index (κ2) is 7.28. The van der Waals surface area contributed by atoms with E-state index in [4.69, 9.17) is 16.3 Å². The number of nitrogens with one attached hydrogen (secondary N) is 1. The number of hydrogen-bond acceptors (Lipinski definition) is 4. The normalized spacial score (nSPS) is 19.8. The maximum Gasteiger partial charge on any atom is 0.223 e. The summed E-state index contributed by atoms with van der Waals surface area (Å²) in [5.41, 5.74) is 0. The Hall–Kier alpha value is -1.34. The van der Waals surface area contributed by atoms with Gasteiger partial charge in [0.2, 0.25) is 5.91 Å². The molecule has 0 aromatic heterocycles. The van der Waals surface area contributed by atoms with Gasteiger partial charge in [-0.3, -0.25) is 4.79 Å². The van der Waals surface area contributed by atoms with Gasteiger partial charge < -0.3 is 10.1 Å². The Morgan fingerprint density at radius 2 is 2.23 bits per heavy atom. The standard InChI is InChI=1S/C14H17ClFNO4S/c15-12-7-11(1-2-13(12)16)21-5-3-14(18)17-8-10-4-6-22(19,20)9-10/h1-2,7,10H,3-6,8-9H2,(H,17,18)/t10-/m1/s1. The number of carbonyl (C=O) groups is 1. The molecule has 1 N–H and O–H groups in total. The van der Waals surface area contributed by atoms with Crippen molar-refractivity contribution < 1.29 is 22.3 Å².